The van der Waals surface area contributed by atoms with Crippen LogP contribution in [0.5, 0.6) is 0 Å². The zero-order valence-corrected chi connectivity index (χ0v) is 10.0. The molecule has 1 unspecified atom stereocenters. The normalized spacial score (nSPS) is 20.1. The van der Waals surface area contributed by atoms with Gasteiger partial charge in [0.25, 0.3) is 0 Å². The third kappa shape index (κ3) is 4.19. The van der Waals surface area contributed by atoms with Crippen LogP contribution >= 0.6 is 0 Å². The zero-order chi connectivity index (χ0) is 11.9. The Labute approximate surface area is 101 Å². The molecule has 0 radical (unpaired) electrons. The minimum atomic E-state index is 0.136. The van der Waals surface area contributed by atoms with Crippen molar-refractivity contribution in [3.63, 3.8) is 0 Å². The van der Waals surface area contributed by atoms with E-state index in [0.717, 1.165) is 25.1 Å². The lowest BCUT2D eigenvalue weighted by molar-refractivity contribution is -0.121. The summed E-state index contributed by atoms with van der Waals surface area (Å²) in [6, 6.07) is 0. The van der Waals surface area contributed by atoms with E-state index in [4.69, 9.17) is 0 Å². The zero-order valence-electron chi connectivity index (χ0n) is 10.0. The molecule has 5 heteroatoms. The molecule has 5 nitrogen and oxygen atoms in total. The van der Waals surface area contributed by atoms with Crippen molar-refractivity contribution in [2.24, 2.45) is 5.92 Å². The molecular weight excluding hydrogens is 216 g/mol. The van der Waals surface area contributed by atoms with Crippen molar-refractivity contribution in [2.75, 3.05) is 13.1 Å². The van der Waals surface area contributed by atoms with Crippen molar-refractivity contribution in [1.29, 1.82) is 0 Å². The number of rotatable bonds is 5. The average Bonchev–Trinajstić information content (AvgIpc) is 2.88. The second kappa shape index (κ2) is 6.39. The van der Waals surface area contributed by atoms with E-state index >= 15 is 0 Å². The second-order valence-corrected chi connectivity index (χ2v) is 4.63. The van der Waals surface area contributed by atoms with Gasteiger partial charge in [-0.3, -0.25) is 9.89 Å². The molecule has 1 aliphatic heterocycles. The molecule has 0 bridgehead atoms. The summed E-state index contributed by atoms with van der Waals surface area (Å²) in [6.07, 6.45) is 7.63. The first-order valence-electron chi connectivity index (χ1n) is 6.29. The van der Waals surface area contributed by atoms with Gasteiger partial charge in [0.1, 0.15) is 0 Å². The highest BCUT2D eigenvalue weighted by atomic mass is 16.1. The number of H-pyrrole nitrogens is 1. The fourth-order valence-electron chi connectivity index (χ4n) is 2.17. The van der Waals surface area contributed by atoms with Crippen LogP contribution in [0.2, 0.25) is 0 Å². The van der Waals surface area contributed by atoms with E-state index in [1.165, 1.54) is 12.8 Å². The van der Waals surface area contributed by atoms with Crippen molar-refractivity contribution < 1.29 is 4.79 Å². The Morgan fingerprint density at radius 1 is 1.59 bits per heavy atom. The maximum absolute atomic E-state index is 11.6. The number of hydrogen-bond donors (Lipinski definition) is 3. The van der Waals surface area contributed by atoms with Gasteiger partial charge in [0, 0.05) is 24.7 Å². The quantitative estimate of drug-likeness (QED) is 0.708. The van der Waals surface area contributed by atoms with Gasteiger partial charge in [0.15, 0.2) is 0 Å². The van der Waals surface area contributed by atoms with Crippen LogP contribution < -0.4 is 10.6 Å². The fourth-order valence-corrected chi connectivity index (χ4v) is 2.17. The van der Waals surface area contributed by atoms with Crippen LogP contribution in [0.15, 0.2) is 12.4 Å². The molecule has 0 spiro atoms. The second-order valence-electron chi connectivity index (χ2n) is 4.63. The van der Waals surface area contributed by atoms with Crippen LogP contribution in [0, 0.1) is 5.92 Å². The van der Waals surface area contributed by atoms with Crippen molar-refractivity contribution in [3.8, 4) is 0 Å². The van der Waals surface area contributed by atoms with E-state index in [9.17, 15) is 4.79 Å². The van der Waals surface area contributed by atoms with Crippen LogP contribution in [-0.2, 0) is 11.3 Å². The minimum Gasteiger partial charge on any atom is -0.352 e. The topological polar surface area (TPSA) is 69.8 Å². The molecule has 1 amide bonds. The van der Waals surface area contributed by atoms with E-state index in [2.05, 4.69) is 20.8 Å². The molecule has 1 aromatic rings. The van der Waals surface area contributed by atoms with Crippen molar-refractivity contribution in [2.45, 2.75) is 32.2 Å². The van der Waals surface area contributed by atoms with Crippen LogP contribution in [-0.4, -0.2) is 29.2 Å². The maximum atomic E-state index is 11.6. The molecule has 0 saturated carbocycles. The molecule has 1 saturated heterocycles. The summed E-state index contributed by atoms with van der Waals surface area (Å²) >= 11 is 0. The number of aromatic amines is 1. The van der Waals surface area contributed by atoms with Crippen molar-refractivity contribution in [1.82, 2.24) is 20.8 Å². The average molecular weight is 236 g/mol. The molecule has 2 heterocycles. The number of nitrogens with zero attached hydrogens (tertiary/aromatic N) is 1. The number of amides is 1. The number of carbonyl (C=O) groups is 1. The molecule has 0 aromatic carbocycles. The molecule has 2 rings (SSSR count). The number of nitrogens with one attached hydrogen (secondary N) is 3. The summed E-state index contributed by atoms with van der Waals surface area (Å²) in [4.78, 5) is 11.6. The summed E-state index contributed by atoms with van der Waals surface area (Å²) in [7, 11) is 0. The lowest BCUT2D eigenvalue weighted by atomic mass is 9.94. The van der Waals surface area contributed by atoms with Crippen LogP contribution in [0.3, 0.4) is 0 Å². The van der Waals surface area contributed by atoms with Gasteiger partial charge in [0.05, 0.1) is 6.20 Å². The molecule has 3 N–H and O–H groups in total. The predicted molar refractivity (Wildman–Crippen MR) is 65.3 cm³/mol. The lowest BCUT2D eigenvalue weighted by Crippen LogP contribution is -2.31. The summed E-state index contributed by atoms with van der Waals surface area (Å²) in [5, 5.41) is 12.8. The van der Waals surface area contributed by atoms with Crippen molar-refractivity contribution >= 4 is 5.91 Å². The molecule has 17 heavy (non-hydrogen) atoms. The third-order valence-electron chi connectivity index (χ3n) is 3.22. The maximum Gasteiger partial charge on any atom is 0.220 e. The SMILES string of the molecule is O=C(CCC1CCCNC1)NCc1cn[nH]c1. The Kier molecular flexibility index (Phi) is 4.55. The lowest BCUT2D eigenvalue weighted by Gasteiger charge is -2.22. The number of piperidine rings is 1. The summed E-state index contributed by atoms with van der Waals surface area (Å²) in [5.41, 5.74) is 1.01. The van der Waals surface area contributed by atoms with E-state index in [1.807, 2.05) is 0 Å². The minimum absolute atomic E-state index is 0.136. The summed E-state index contributed by atoms with van der Waals surface area (Å²) in [6.45, 7) is 2.76. The van der Waals surface area contributed by atoms with Gasteiger partial charge in [-0.15, -0.1) is 0 Å². The van der Waals surface area contributed by atoms with E-state index in [1.54, 1.807) is 12.4 Å². The van der Waals surface area contributed by atoms with Crippen molar-refractivity contribution in [3.05, 3.63) is 18.0 Å². The Hall–Kier alpha value is -1.36. The number of carbonyl (C=O) groups excluding carboxylic acids is 1. The standard InChI is InChI=1S/C12H20N4O/c17-12(14-7-11-8-15-16-9-11)4-3-10-2-1-5-13-6-10/h8-10,13H,1-7H2,(H,14,17)(H,15,16). The molecule has 1 fully saturated rings. The monoisotopic (exact) mass is 236 g/mol. The molecule has 94 valence electrons. The first-order valence-corrected chi connectivity index (χ1v) is 6.29. The highest BCUT2D eigenvalue weighted by molar-refractivity contribution is 5.75. The van der Waals surface area contributed by atoms with Crippen LogP contribution in [0.4, 0.5) is 0 Å². The highest BCUT2D eigenvalue weighted by Crippen LogP contribution is 2.15. The number of aromatic nitrogens is 2. The Bertz CT molecular complexity index is 330. The first kappa shape index (κ1) is 12.1. The van der Waals surface area contributed by atoms with Crippen LogP contribution in [0.25, 0.3) is 0 Å². The largest absolute Gasteiger partial charge is 0.352 e. The highest BCUT2D eigenvalue weighted by Gasteiger charge is 2.14. The molecule has 0 aliphatic carbocycles. The van der Waals surface area contributed by atoms with Gasteiger partial charge in [-0.25, -0.2) is 0 Å². The Morgan fingerprint density at radius 2 is 2.53 bits per heavy atom. The predicted octanol–water partition coefficient (Wildman–Crippen LogP) is 0.806. The number of hydrogen-bond acceptors (Lipinski definition) is 3. The molecule has 1 atom stereocenters. The molecular formula is C12H20N4O. The third-order valence-corrected chi connectivity index (χ3v) is 3.22. The fraction of sp³-hybridized carbons (Fsp3) is 0.667. The van der Waals surface area contributed by atoms with E-state index in [0.29, 0.717) is 18.9 Å². The summed E-state index contributed by atoms with van der Waals surface area (Å²) in [5.74, 6) is 0.806. The van der Waals surface area contributed by atoms with Gasteiger partial charge in [0.2, 0.25) is 5.91 Å². The Morgan fingerprint density at radius 3 is 3.24 bits per heavy atom. The molecule has 1 aliphatic rings. The summed E-state index contributed by atoms with van der Waals surface area (Å²) < 4.78 is 0. The van der Waals surface area contributed by atoms with Gasteiger partial charge in [-0.1, -0.05) is 0 Å². The Balaban J connectivity index is 1.60. The van der Waals surface area contributed by atoms with Gasteiger partial charge in [-0.05, 0) is 38.3 Å². The molecule has 1 aromatic heterocycles. The van der Waals surface area contributed by atoms with Crippen LogP contribution in [0.1, 0.15) is 31.2 Å². The van der Waals surface area contributed by atoms with Gasteiger partial charge < -0.3 is 10.6 Å². The van der Waals surface area contributed by atoms with E-state index < -0.39 is 0 Å². The first-order chi connectivity index (χ1) is 8.34. The van der Waals surface area contributed by atoms with E-state index in [-0.39, 0.29) is 5.91 Å². The van der Waals surface area contributed by atoms with Gasteiger partial charge in [-0.2, -0.15) is 5.10 Å². The van der Waals surface area contributed by atoms with Gasteiger partial charge >= 0.3 is 0 Å². The smallest absolute Gasteiger partial charge is 0.220 e.